The molecule has 1 saturated carbocycles. The number of halogens is 3. The molecule has 2 aromatic heterocycles. The van der Waals surface area contributed by atoms with E-state index in [1.54, 1.807) is 23.9 Å². The van der Waals surface area contributed by atoms with E-state index in [0.29, 0.717) is 23.3 Å². The van der Waals surface area contributed by atoms with Gasteiger partial charge in [0.15, 0.2) is 5.82 Å². The Balaban J connectivity index is 1.36. The summed E-state index contributed by atoms with van der Waals surface area (Å²) in [6, 6.07) is 8.16. The average Bonchev–Trinajstić information content (AvgIpc) is 3.40. The van der Waals surface area contributed by atoms with Gasteiger partial charge in [0, 0.05) is 29.2 Å². The molecule has 1 aliphatic rings. The third kappa shape index (κ3) is 4.20. The number of nitrogens with one attached hydrogen (secondary N) is 3. The molecule has 0 bridgehead atoms. The quantitative estimate of drug-likeness (QED) is 0.381. The standard InChI is InChI=1S/C23H22F3N7O/c1-12(23(24,25)26)28-21(34)15-7-5-14(6-8-15)20-30-22(33(2)32-20)29-18-10-9-17-16(11-27-31-17)19(18)13-3-4-13/h5-13H,3-4H2,1-2H3,(H,27,31)(H,28,34)(H,29,30,32). The minimum atomic E-state index is -4.50. The summed E-state index contributed by atoms with van der Waals surface area (Å²) in [5.41, 5.74) is 3.90. The van der Waals surface area contributed by atoms with Gasteiger partial charge in [0.1, 0.15) is 6.04 Å². The number of alkyl halides is 3. The molecule has 5 rings (SSSR count). The van der Waals surface area contributed by atoms with Crippen LogP contribution in [0.25, 0.3) is 22.3 Å². The summed E-state index contributed by atoms with van der Waals surface area (Å²) in [7, 11) is 1.77. The van der Waals surface area contributed by atoms with E-state index in [9.17, 15) is 18.0 Å². The van der Waals surface area contributed by atoms with E-state index in [1.165, 1.54) is 17.7 Å². The van der Waals surface area contributed by atoms with Crippen molar-refractivity contribution in [1.82, 2.24) is 30.3 Å². The van der Waals surface area contributed by atoms with Crippen molar-refractivity contribution in [3.63, 3.8) is 0 Å². The Morgan fingerprint density at radius 1 is 1.18 bits per heavy atom. The Kier molecular flexibility index (Phi) is 5.26. The van der Waals surface area contributed by atoms with Crippen LogP contribution in [0, 0.1) is 0 Å². The zero-order valence-corrected chi connectivity index (χ0v) is 18.4. The van der Waals surface area contributed by atoms with Gasteiger partial charge in [-0.1, -0.05) is 12.1 Å². The fourth-order valence-corrected chi connectivity index (χ4v) is 3.83. The van der Waals surface area contributed by atoms with Crippen LogP contribution in [0.1, 0.15) is 41.6 Å². The minimum Gasteiger partial charge on any atom is -0.341 e. The molecule has 4 aromatic rings. The number of rotatable bonds is 6. The molecule has 0 saturated heterocycles. The zero-order chi connectivity index (χ0) is 24.0. The summed E-state index contributed by atoms with van der Waals surface area (Å²) < 4.78 is 39.7. The number of aryl methyl sites for hydroxylation is 1. The van der Waals surface area contributed by atoms with Gasteiger partial charge in [-0.15, -0.1) is 5.10 Å². The minimum absolute atomic E-state index is 0.122. The number of anilines is 2. The van der Waals surface area contributed by atoms with E-state index >= 15 is 0 Å². The van der Waals surface area contributed by atoms with E-state index in [4.69, 9.17) is 0 Å². The van der Waals surface area contributed by atoms with E-state index in [1.807, 2.05) is 23.6 Å². The number of fused-ring (bicyclic) bond motifs is 1. The molecule has 1 atom stereocenters. The molecule has 1 fully saturated rings. The van der Waals surface area contributed by atoms with Gasteiger partial charge in [-0.2, -0.15) is 23.3 Å². The first kappa shape index (κ1) is 21.9. The maximum absolute atomic E-state index is 12.7. The molecule has 34 heavy (non-hydrogen) atoms. The molecule has 11 heteroatoms. The van der Waals surface area contributed by atoms with Gasteiger partial charge in [-0.25, -0.2) is 4.68 Å². The number of hydrogen-bond acceptors (Lipinski definition) is 5. The van der Waals surface area contributed by atoms with Gasteiger partial charge in [-0.3, -0.25) is 9.89 Å². The molecule has 0 radical (unpaired) electrons. The first-order chi connectivity index (χ1) is 16.2. The number of aromatic nitrogens is 5. The van der Waals surface area contributed by atoms with Crippen LogP contribution in [-0.2, 0) is 7.05 Å². The predicted molar refractivity (Wildman–Crippen MR) is 121 cm³/mol. The molecule has 2 aromatic carbocycles. The zero-order valence-electron chi connectivity index (χ0n) is 18.4. The smallest absolute Gasteiger partial charge is 0.341 e. The number of carbonyl (C=O) groups is 1. The van der Waals surface area contributed by atoms with Crippen molar-refractivity contribution < 1.29 is 18.0 Å². The van der Waals surface area contributed by atoms with Crippen molar-refractivity contribution in [2.75, 3.05) is 5.32 Å². The second-order valence-corrected chi connectivity index (χ2v) is 8.45. The van der Waals surface area contributed by atoms with Gasteiger partial charge in [0.2, 0.25) is 5.95 Å². The van der Waals surface area contributed by atoms with Crippen molar-refractivity contribution >= 4 is 28.4 Å². The molecule has 2 heterocycles. The van der Waals surface area contributed by atoms with Crippen LogP contribution in [0.4, 0.5) is 24.8 Å². The molecule has 0 aliphatic heterocycles. The van der Waals surface area contributed by atoms with Gasteiger partial charge in [0.05, 0.1) is 11.7 Å². The Morgan fingerprint density at radius 3 is 2.59 bits per heavy atom. The van der Waals surface area contributed by atoms with E-state index < -0.39 is 18.1 Å². The molecular formula is C23H22F3N7O. The maximum atomic E-state index is 12.7. The lowest BCUT2D eigenvalue weighted by molar-refractivity contribution is -0.149. The Hall–Kier alpha value is -3.89. The lowest BCUT2D eigenvalue weighted by Crippen LogP contribution is -2.43. The number of hydrogen-bond donors (Lipinski definition) is 3. The molecule has 176 valence electrons. The topological polar surface area (TPSA) is 101 Å². The summed E-state index contributed by atoms with van der Waals surface area (Å²) in [6.07, 6.45) is -0.406. The third-order valence-electron chi connectivity index (χ3n) is 5.90. The first-order valence-electron chi connectivity index (χ1n) is 10.8. The third-order valence-corrected chi connectivity index (χ3v) is 5.90. The molecule has 3 N–H and O–H groups in total. The second-order valence-electron chi connectivity index (χ2n) is 8.45. The highest BCUT2D eigenvalue weighted by molar-refractivity contribution is 5.94. The summed E-state index contributed by atoms with van der Waals surface area (Å²) in [5, 5.41) is 18.0. The predicted octanol–water partition coefficient (Wildman–Crippen LogP) is 4.66. The number of benzene rings is 2. The summed E-state index contributed by atoms with van der Waals surface area (Å²) in [6.45, 7) is 0.900. The van der Waals surface area contributed by atoms with Crippen molar-refractivity contribution in [3.05, 3.63) is 53.7 Å². The largest absolute Gasteiger partial charge is 0.408 e. The summed E-state index contributed by atoms with van der Waals surface area (Å²) in [4.78, 5) is 16.7. The number of carbonyl (C=O) groups excluding carboxylic acids is 1. The number of nitrogens with zero attached hydrogens (tertiary/aromatic N) is 4. The van der Waals surface area contributed by atoms with Crippen LogP contribution in [0.3, 0.4) is 0 Å². The van der Waals surface area contributed by atoms with Crippen LogP contribution in [0.15, 0.2) is 42.6 Å². The van der Waals surface area contributed by atoms with Crippen LogP contribution >= 0.6 is 0 Å². The SMILES string of the molecule is CC(NC(=O)c1ccc(-c2nc(Nc3ccc4[nH]ncc4c3C3CC3)n(C)n2)cc1)C(F)(F)F. The van der Waals surface area contributed by atoms with E-state index in [2.05, 4.69) is 25.6 Å². The molecule has 0 spiro atoms. The Morgan fingerprint density at radius 2 is 1.91 bits per heavy atom. The Labute approximate surface area is 192 Å². The second kappa shape index (κ2) is 8.15. The van der Waals surface area contributed by atoms with Gasteiger partial charge in [-0.05, 0) is 55.5 Å². The van der Waals surface area contributed by atoms with Crippen molar-refractivity contribution in [2.45, 2.75) is 37.9 Å². The molecular weight excluding hydrogens is 447 g/mol. The maximum Gasteiger partial charge on any atom is 0.408 e. The average molecular weight is 469 g/mol. The van der Waals surface area contributed by atoms with Crippen molar-refractivity contribution in [2.24, 2.45) is 7.05 Å². The number of aromatic amines is 1. The fraction of sp³-hybridized carbons (Fsp3) is 0.304. The van der Waals surface area contributed by atoms with Crippen LogP contribution in [0.5, 0.6) is 0 Å². The van der Waals surface area contributed by atoms with Gasteiger partial charge < -0.3 is 10.6 Å². The highest BCUT2D eigenvalue weighted by Gasteiger charge is 2.37. The molecule has 8 nitrogen and oxygen atoms in total. The monoisotopic (exact) mass is 469 g/mol. The van der Waals surface area contributed by atoms with E-state index in [-0.39, 0.29) is 5.56 Å². The van der Waals surface area contributed by atoms with Crippen molar-refractivity contribution in [3.8, 4) is 11.4 Å². The van der Waals surface area contributed by atoms with Crippen LogP contribution in [-0.4, -0.2) is 43.1 Å². The van der Waals surface area contributed by atoms with Gasteiger partial charge in [0.25, 0.3) is 5.91 Å². The highest BCUT2D eigenvalue weighted by Crippen LogP contribution is 2.47. The molecule has 1 unspecified atom stereocenters. The first-order valence-corrected chi connectivity index (χ1v) is 10.8. The number of amides is 1. The normalized spacial score (nSPS) is 14.9. The van der Waals surface area contributed by atoms with Crippen LogP contribution < -0.4 is 10.6 Å². The number of H-pyrrole nitrogens is 1. The van der Waals surface area contributed by atoms with Crippen LogP contribution in [0.2, 0.25) is 0 Å². The lowest BCUT2D eigenvalue weighted by Gasteiger charge is -2.17. The lowest BCUT2D eigenvalue weighted by atomic mass is 10.0. The molecule has 1 amide bonds. The highest BCUT2D eigenvalue weighted by atomic mass is 19.4. The van der Waals surface area contributed by atoms with Crippen molar-refractivity contribution in [1.29, 1.82) is 0 Å². The Bertz CT molecular complexity index is 1350. The summed E-state index contributed by atoms with van der Waals surface area (Å²) >= 11 is 0. The van der Waals surface area contributed by atoms with E-state index in [0.717, 1.165) is 36.4 Å². The van der Waals surface area contributed by atoms with Gasteiger partial charge >= 0.3 is 6.18 Å². The fourth-order valence-electron chi connectivity index (χ4n) is 3.83. The molecule has 1 aliphatic carbocycles. The summed E-state index contributed by atoms with van der Waals surface area (Å²) in [5.74, 6) is 0.656.